The van der Waals surface area contributed by atoms with Gasteiger partial charge in [0.05, 0.1) is 11.2 Å². The molecule has 3 nitrogen and oxygen atoms in total. The lowest BCUT2D eigenvalue weighted by Crippen LogP contribution is -2.56. The zero-order valence-corrected chi connectivity index (χ0v) is 23.7. The Bertz CT molecular complexity index is 743. The van der Waals surface area contributed by atoms with Crippen molar-refractivity contribution in [1.82, 2.24) is 0 Å². The van der Waals surface area contributed by atoms with Gasteiger partial charge in [0.15, 0.2) is 0 Å². The first-order chi connectivity index (χ1) is 16.5. The SMILES string of the molecule is CC[C@]1(O)CC[C@@]2(C)[C@@H](CC[C@@H]3[C@@H]2CC[C@]2(C)[C@@H]([C@H](C)CC[C@@](C)(O)C4CCOCC4)CC[C@@H]32)C1. The van der Waals surface area contributed by atoms with Gasteiger partial charge in [-0.15, -0.1) is 0 Å². The van der Waals surface area contributed by atoms with E-state index in [9.17, 15) is 10.2 Å². The van der Waals surface area contributed by atoms with Crippen LogP contribution in [-0.2, 0) is 4.74 Å². The van der Waals surface area contributed by atoms with Crippen molar-refractivity contribution in [2.45, 2.75) is 136 Å². The standard InChI is InChI=1S/C32H56O3/c1-6-32(34)18-17-29(3)24(21-32)7-8-25-27-10-9-26(30(27,4)15-12-28(25)29)22(2)11-16-31(5,33)23-13-19-35-20-14-23/h22-28,33-34H,6-21H2,1-5H3/t22-,24+,25+,26-,27+,28+,29+,30-,31-,32+/m1/s1. The fourth-order valence-corrected chi connectivity index (χ4v) is 10.9. The maximum Gasteiger partial charge on any atom is 0.0649 e. The van der Waals surface area contributed by atoms with E-state index in [-0.39, 0.29) is 5.60 Å². The van der Waals surface area contributed by atoms with Crippen LogP contribution in [0.25, 0.3) is 0 Å². The number of aliphatic hydroxyl groups is 2. The first kappa shape index (κ1) is 26.5. The molecule has 5 fully saturated rings. The maximum absolute atomic E-state index is 11.3. The second-order valence-corrected chi connectivity index (χ2v) is 14.9. The highest BCUT2D eigenvalue weighted by Crippen LogP contribution is 2.69. The molecule has 1 saturated heterocycles. The van der Waals surface area contributed by atoms with E-state index in [0.29, 0.717) is 22.7 Å². The van der Waals surface area contributed by atoms with Crippen LogP contribution in [0, 0.1) is 52.3 Å². The Morgan fingerprint density at radius 2 is 1.63 bits per heavy atom. The fourth-order valence-electron chi connectivity index (χ4n) is 10.9. The van der Waals surface area contributed by atoms with E-state index < -0.39 is 5.60 Å². The number of ether oxygens (including phenoxy) is 1. The van der Waals surface area contributed by atoms with Crippen molar-refractivity contribution in [1.29, 1.82) is 0 Å². The lowest BCUT2D eigenvalue weighted by atomic mass is 9.43. The van der Waals surface area contributed by atoms with Crippen molar-refractivity contribution >= 4 is 0 Å². The van der Waals surface area contributed by atoms with Gasteiger partial charge in [0.1, 0.15) is 0 Å². The summed E-state index contributed by atoms with van der Waals surface area (Å²) < 4.78 is 5.55. The molecule has 5 rings (SSSR count). The molecule has 0 radical (unpaired) electrons. The van der Waals surface area contributed by atoms with Gasteiger partial charge in [-0.2, -0.15) is 0 Å². The normalized spacial score (nSPS) is 48.9. The Morgan fingerprint density at radius 1 is 0.914 bits per heavy atom. The van der Waals surface area contributed by atoms with Crippen molar-refractivity contribution in [3.63, 3.8) is 0 Å². The summed E-state index contributed by atoms with van der Waals surface area (Å²) in [6, 6.07) is 0. The third-order valence-electron chi connectivity index (χ3n) is 13.4. The molecule has 0 amide bonds. The summed E-state index contributed by atoms with van der Waals surface area (Å²) in [6.07, 6.45) is 16.8. The number of rotatable bonds is 6. The molecule has 0 aromatic carbocycles. The lowest BCUT2D eigenvalue weighted by molar-refractivity contribution is -0.153. The monoisotopic (exact) mass is 488 g/mol. The Balaban J connectivity index is 1.24. The smallest absolute Gasteiger partial charge is 0.0649 e. The van der Waals surface area contributed by atoms with Crippen molar-refractivity contribution in [2.24, 2.45) is 52.3 Å². The van der Waals surface area contributed by atoms with Crippen LogP contribution in [-0.4, -0.2) is 34.6 Å². The zero-order chi connectivity index (χ0) is 25.1. The van der Waals surface area contributed by atoms with Crippen LogP contribution in [0.15, 0.2) is 0 Å². The summed E-state index contributed by atoms with van der Waals surface area (Å²) in [5, 5.41) is 22.4. The zero-order valence-electron chi connectivity index (χ0n) is 23.7. The molecule has 0 aromatic rings. The third-order valence-corrected chi connectivity index (χ3v) is 13.4. The minimum absolute atomic E-state index is 0.389. The largest absolute Gasteiger partial charge is 0.390 e. The molecule has 0 aromatic heterocycles. The molecule has 0 unspecified atom stereocenters. The van der Waals surface area contributed by atoms with Gasteiger partial charge < -0.3 is 14.9 Å². The molecule has 1 aliphatic heterocycles. The number of fused-ring (bicyclic) bond motifs is 5. The Hall–Kier alpha value is -0.120. The van der Waals surface area contributed by atoms with Crippen LogP contribution < -0.4 is 0 Å². The average Bonchev–Trinajstić information content (AvgIpc) is 3.21. The first-order valence-corrected chi connectivity index (χ1v) is 15.5. The van der Waals surface area contributed by atoms with E-state index in [4.69, 9.17) is 4.74 Å². The highest BCUT2D eigenvalue weighted by molar-refractivity contribution is 5.11. The van der Waals surface area contributed by atoms with Crippen LogP contribution >= 0.6 is 0 Å². The van der Waals surface area contributed by atoms with E-state index in [2.05, 4.69) is 34.6 Å². The molecule has 202 valence electrons. The predicted octanol–water partition coefficient (Wildman–Crippen LogP) is 7.38. The van der Waals surface area contributed by atoms with Crippen molar-refractivity contribution in [3.8, 4) is 0 Å². The van der Waals surface area contributed by atoms with Gasteiger partial charge in [-0.25, -0.2) is 0 Å². The molecule has 0 bridgehead atoms. The second kappa shape index (κ2) is 9.57. The van der Waals surface area contributed by atoms with Crippen molar-refractivity contribution in [3.05, 3.63) is 0 Å². The first-order valence-electron chi connectivity index (χ1n) is 15.5. The van der Waals surface area contributed by atoms with Gasteiger partial charge in [-0.1, -0.05) is 27.7 Å². The van der Waals surface area contributed by atoms with Crippen molar-refractivity contribution in [2.75, 3.05) is 13.2 Å². The molecule has 10 atom stereocenters. The van der Waals surface area contributed by atoms with Crippen molar-refractivity contribution < 1.29 is 14.9 Å². The highest BCUT2D eigenvalue weighted by atomic mass is 16.5. The summed E-state index contributed by atoms with van der Waals surface area (Å²) in [7, 11) is 0. The van der Waals surface area contributed by atoms with Gasteiger partial charge in [-0.3, -0.25) is 0 Å². The van der Waals surface area contributed by atoms with Crippen LogP contribution in [0.4, 0.5) is 0 Å². The molecule has 2 N–H and O–H groups in total. The van der Waals surface area contributed by atoms with Crippen LogP contribution in [0.3, 0.4) is 0 Å². The van der Waals surface area contributed by atoms with Crippen LogP contribution in [0.1, 0.15) is 125 Å². The quantitative estimate of drug-likeness (QED) is 0.410. The average molecular weight is 489 g/mol. The summed E-state index contributed by atoms with van der Waals surface area (Å²) in [5.74, 6) is 5.34. The summed E-state index contributed by atoms with van der Waals surface area (Å²) in [6.45, 7) is 13.7. The fraction of sp³-hybridized carbons (Fsp3) is 1.00. The van der Waals surface area contributed by atoms with Gasteiger partial charge in [0, 0.05) is 13.2 Å². The minimum atomic E-state index is -0.539. The van der Waals surface area contributed by atoms with Gasteiger partial charge in [0.2, 0.25) is 0 Å². The van der Waals surface area contributed by atoms with E-state index in [1.807, 2.05) is 0 Å². The second-order valence-electron chi connectivity index (χ2n) is 14.9. The summed E-state index contributed by atoms with van der Waals surface area (Å²) in [5.41, 5.74) is 0.0216. The molecule has 35 heavy (non-hydrogen) atoms. The van der Waals surface area contributed by atoms with E-state index in [1.165, 1.54) is 51.4 Å². The van der Waals surface area contributed by atoms with Crippen LogP contribution in [0.2, 0.25) is 0 Å². The Morgan fingerprint density at radius 3 is 2.34 bits per heavy atom. The molecular formula is C32H56O3. The molecule has 3 heteroatoms. The highest BCUT2D eigenvalue weighted by Gasteiger charge is 2.61. The Labute approximate surface area is 216 Å². The maximum atomic E-state index is 11.3. The van der Waals surface area contributed by atoms with Gasteiger partial charge in [0.25, 0.3) is 0 Å². The molecule has 5 aliphatic rings. The third kappa shape index (κ3) is 4.56. The Kier molecular flexibility index (Phi) is 7.24. The number of hydrogen-bond acceptors (Lipinski definition) is 3. The summed E-state index contributed by atoms with van der Waals surface area (Å²) >= 11 is 0. The molecular weight excluding hydrogens is 432 g/mol. The molecule has 1 heterocycles. The lowest BCUT2D eigenvalue weighted by Gasteiger charge is -2.62. The molecule has 4 saturated carbocycles. The van der Waals surface area contributed by atoms with Gasteiger partial charge >= 0.3 is 0 Å². The number of hydrogen-bond donors (Lipinski definition) is 2. The molecule has 0 spiro atoms. The van der Waals surface area contributed by atoms with Crippen LogP contribution in [0.5, 0.6) is 0 Å². The van der Waals surface area contributed by atoms with E-state index >= 15 is 0 Å². The topological polar surface area (TPSA) is 49.7 Å². The summed E-state index contributed by atoms with van der Waals surface area (Å²) in [4.78, 5) is 0. The van der Waals surface area contributed by atoms with E-state index in [1.54, 1.807) is 0 Å². The van der Waals surface area contributed by atoms with Gasteiger partial charge in [-0.05, 0) is 149 Å². The minimum Gasteiger partial charge on any atom is -0.390 e. The molecule has 4 aliphatic carbocycles. The predicted molar refractivity (Wildman–Crippen MR) is 143 cm³/mol. The van der Waals surface area contributed by atoms with E-state index in [0.717, 1.165) is 81.3 Å².